The fourth-order valence-electron chi connectivity index (χ4n) is 1.97. The molecule has 0 aliphatic carbocycles. The van der Waals surface area contributed by atoms with E-state index in [0.717, 1.165) is 6.54 Å². The highest BCUT2D eigenvalue weighted by Gasteiger charge is 2.19. The topological polar surface area (TPSA) is 64.3 Å². The Bertz CT molecular complexity index is 345. The SMILES string of the molecule is CN1CCCCC1COc1ccnc(N)n1. The first kappa shape index (κ1) is 11.1. The lowest BCUT2D eigenvalue weighted by molar-refractivity contribution is 0.122. The van der Waals surface area contributed by atoms with Gasteiger partial charge in [0, 0.05) is 18.3 Å². The predicted molar refractivity (Wildman–Crippen MR) is 62.2 cm³/mol. The standard InChI is InChI=1S/C11H18N4O/c1-15-7-3-2-4-9(15)8-16-10-5-6-13-11(12)14-10/h5-6,9H,2-4,7-8H2,1H3,(H2,12,13,14). The molecular weight excluding hydrogens is 204 g/mol. The Hall–Kier alpha value is -1.36. The van der Waals surface area contributed by atoms with Gasteiger partial charge in [-0.2, -0.15) is 4.98 Å². The molecule has 1 aromatic rings. The zero-order chi connectivity index (χ0) is 11.4. The Kier molecular flexibility index (Phi) is 3.56. The summed E-state index contributed by atoms with van der Waals surface area (Å²) >= 11 is 0. The average molecular weight is 222 g/mol. The maximum atomic E-state index is 5.62. The van der Waals surface area contributed by atoms with E-state index in [9.17, 15) is 0 Å². The van der Waals surface area contributed by atoms with Gasteiger partial charge in [0.1, 0.15) is 6.61 Å². The second kappa shape index (κ2) is 5.12. The number of nitrogens with zero attached hydrogens (tertiary/aromatic N) is 3. The van der Waals surface area contributed by atoms with E-state index in [1.165, 1.54) is 19.3 Å². The summed E-state index contributed by atoms with van der Waals surface area (Å²) in [4.78, 5) is 10.2. The molecule has 0 saturated carbocycles. The van der Waals surface area contributed by atoms with Gasteiger partial charge in [0.05, 0.1) is 0 Å². The Morgan fingerprint density at radius 2 is 2.44 bits per heavy atom. The lowest BCUT2D eigenvalue weighted by Gasteiger charge is -2.31. The summed E-state index contributed by atoms with van der Waals surface area (Å²) in [6.45, 7) is 1.83. The summed E-state index contributed by atoms with van der Waals surface area (Å²) in [7, 11) is 2.14. The quantitative estimate of drug-likeness (QED) is 0.824. The maximum Gasteiger partial charge on any atom is 0.223 e. The van der Waals surface area contributed by atoms with E-state index >= 15 is 0 Å². The van der Waals surface area contributed by atoms with Crippen molar-refractivity contribution in [3.8, 4) is 5.88 Å². The monoisotopic (exact) mass is 222 g/mol. The number of aromatic nitrogens is 2. The maximum absolute atomic E-state index is 5.62. The first-order chi connectivity index (χ1) is 7.75. The molecule has 1 fully saturated rings. The van der Waals surface area contributed by atoms with Crippen molar-refractivity contribution in [3.63, 3.8) is 0 Å². The minimum absolute atomic E-state index is 0.259. The van der Waals surface area contributed by atoms with Crippen molar-refractivity contribution in [1.82, 2.24) is 14.9 Å². The molecule has 1 saturated heterocycles. The van der Waals surface area contributed by atoms with Gasteiger partial charge in [0.15, 0.2) is 0 Å². The first-order valence-corrected chi connectivity index (χ1v) is 5.67. The van der Waals surface area contributed by atoms with Crippen LogP contribution in [0.2, 0.25) is 0 Å². The highest BCUT2D eigenvalue weighted by molar-refractivity contribution is 5.20. The Balaban J connectivity index is 1.86. The Labute approximate surface area is 95.6 Å². The molecule has 5 heteroatoms. The van der Waals surface area contributed by atoms with Gasteiger partial charge in [-0.05, 0) is 26.4 Å². The molecule has 2 N–H and O–H groups in total. The van der Waals surface area contributed by atoms with Gasteiger partial charge >= 0.3 is 0 Å². The van der Waals surface area contributed by atoms with Crippen LogP contribution in [0.4, 0.5) is 5.95 Å². The molecule has 2 rings (SSSR count). The summed E-state index contributed by atoms with van der Waals surface area (Å²) < 4.78 is 5.62. The molecule has 0 bridgehead atoms. The lowest BCUT2D eigenvalue weighted by Crippen LogP contribution is -2.40. The highest BCUT2D eigenvalue weighted by Crippen LogP contribution is 2.16. The second-order valence-electron chi connectivity index (χ2n) is 4.19. The van der Waals surface area contributed by atoms with Gasteiger partial charge in [-0.25, -0.2) is 4.98 Å². The number of ether oxygens (including phenoxy) is 1. The van der Waals surface area contributed by atoms with E-state index in [1.54, 1.807) is 12.3 Å². The first-order valence-electron chi connectivity index (χ1n) is 5.67. The van der Waals surface area contributed by atoms with Gasteiger partial charge in [-0.3, -0.25) is 0 Å². The minimum atomic E-state index is 0.259. The molecule has 0 spiro atoms. The molecule has 5 nitrogen and oxygen atoms in total. The van der Waals surface area contributed by atoms with E-state index in [4.69, 9.17) is 10.5 Å². The third-order valence-electron chi connectivity index (χ3n) is 2.99. The molecule has 1 aromatic heterocycles. The lowest BCUT2D eigenvalue weighted by atomic mass is 10.0. The number of rotatable bonds is 3. The molecule has 16 heavy (non-hydrogen) atoms. The van der Waals surface area contributed by atoms with Crippen LogP contribution in [0, 0.1) is 0 Å². The van der Waals surface area contributed by atoms with Crippen molar-refractivity contribution < 1.29 is 4.74 Å². The largest absolute Gasteiger partial charge is 0.476 e. The summed E-state index contributed by atoms with van der Waals surface area (Å²) in [6, 6.07) is 2.23. The summed E-state index contributed by atoms with van der Waals surface area (Å²) in [5.41, 5.74) is 5.48. The molecule has 0 aromatic carbocycles. The zero-order valence-corrected chi connectivity index (χ0v) is 9.59. The van der Waals surface area contributed by atoms with E-state index in [0.29, 0.717) is 18.5 Å². The van der Waals surface area contributed by atoms with Crippen molar-refractivity contribution >= 4 is 5.95 Å². The van der Waals surface area contributed by atoms with Crippen LogP contribution in [-0.2, 0) is 0 Å². The Morgan fingerprint density at radius 1 is 1.56 bits per heavy atom. The Morgan fingerprint density at radius 3 is 3.19 bits per heavy atom. The van der Waals surface area contributed by atoms with E-state index in [1.807, 2.05) is 0 Å². The van der Waals surface area contributed by atoms with Gasteiger partial charge in [0.25, 0.3) is 0 Å². The summed E-state index contributed by atoms with van der Waals surface area (Å²) in [5.74, 6) is 0.820. The van der Waals surface area contributed by atoms with Crippen LogP contribution in [0.15, 0.2) is 12.3 Å². The van der Waals surface area contributed by atoms with Gasteiger partial charge in [0.2, 0.25) is 11.8 Å². The predicted octanol–water partition coefficient (Wildman–Crippen LogP) is 0.922. The van der Waals surface area contributed by atoms with Crippen LogP contribution in [0.3, 0.4) is 0 Å². The third kappa shape index (κ3) is 2.82. The van der Waals surface area contributed by atoms with Gasteiger partial charge in [-0.1, -0.05) is 6.42 Å². The molecule has 1 atom stereocenters. The summed E-state index contributed by atoms with van der Waals surface area (Å²) in [5, 5.41) is 0. The number of nitrogens with two attached hydrogens (primary N) is 1. The highest BCUT2D eigenvalue weighted by atomic mass is 16.5. The number of anilines is 1. The smallest absolute Gasteiger partial charge is 0.223 e. The fourth-order valence-corrected chi connectivity index (χ4v) is 1.97. The summed E-state index contributed by atoms with van der Waals surface area (Å²) in [6.07, 6.45) is 5.37. The van der Waals surface area contributed by atoms with Gasteiger partial charge < -0.3 is 15.4 Å². The van der Waals surface area contributed by atoms with Crippen molar-refractivity contribution in [1.29, 1.82) is 0 Å². The molecular formula is C11H18N4O. The van der Waals surface area contributed by atoms with E-state index in [2.05, 4.69) is 21.9 Å². The number of likely N-dealkylation sites (N-methyl/N-ethyl adjacent to an activating group) is 1. The minimum Gasteiger partial charge on any atom is -0.476 e. The van der Waals surface area contributed by atoms with Gasteiger partial charge in [-0.15, -0.1) is 0 Å². The molecule has 1 unspecified atom stereocenters. The number of likely N-dealkylation sites (tertiary alicyclic amines) is 1. The molecule has 1 aliphatic rings. The van der Waals surface area contributed by atoms with Crippen LogP contribution in [-0.4, -0.2) is 41.1 Å². The number of hydrogen-bond acceptors (Lipinski definition) is 5. The third-order valence-corrected chi connectivity index (χ3v) is 2.99. The van der Waals surface area contributed by atoms with Crippen LogP contribution in [0.25, 0.3) is 0 Å². The van der Waals surface area contributed by atoms with E-state index in [-0.39, 0.29) is 5.95 Å². The fraction of sp³-hybridized carbons (Fsp3) is 0.636. The normalized spacial score (nSPS) is 21.9. The zero-order valence-electron chi connectivity index (χ0n) is 9.59. The molecule has 2 heterocycles. The van der Waals surface area contributed by atoms with Crippen LogP contribution < -0.4 is 10.5 Å². The van der Waals surface area contributed by atoms with Crippen molar-refractivity contribution in [2.45, 2.75) is 25.3 Å². The average Bonchev–Trinajstić information content (AvgIpc) is 2.28. The molecule has 0 amide bonds. The van der Waals surface area contributed by atoms with Crippen LogP contribution in [0.5, 0.6) is 5.88 Å². The molecule has 0 radical (unpaired) electrons. The molecule has 88 valence electrons. The van der Waals surface area contributed by atoms with Crippen molar-refractivity contribution in [2.75, 3.05) is 25.9 Å². The van der Waals surface area contributed by atoms with E-state index < -0.39 is 0 Å². The second-order valence-corrected chi connectivity index (χ2v) is 4.19. The number of nitrogen functional groups attached to an aromatic ring is 1. The number of piperidine rings is 1. The van der Waals surface area contributed by atoms with Crippen LogP contribution >= 0.6 is 0 Å². The van der Waals surface area contributed by atoms with Crippen molar-refractivity contribution in [3.05, 3.63) is 12.3 Å². The van der Waals surface area contributed by atoms with Crippen LogP contribution in [0.1, 0.15) is 19.3 Å². The van der Waals surface area contributed by atoms with Crippen molar-refractivity contribution in [2.24, 2.45) is 0 Å². The molecule has 1 aliphatic heterocycles. The number of hydrogen-bond donors (Lipinski definition) is 1.